The van der Waals surface area contributed by atoms with Gasteiger partial charge >= 0.3 is 0 Å². The second-order valence-electron chi connectivity index (χ2n) is 4.21. The molecule has 0 fully saturated rings. The summed E-state index contributed by atoms with van der Waals surface area (Å²) < 4.78 is 5.12. The zero-order chi connectivity index (χ0) is 12.5. The molecule has 0 N–H and O–H groups in total. The summed E-state index contributed by atoms with van der Waals surface area (Å²) in [5.41, 5.74) is 2.41. The zero-order valence-corrected chi connectivity index (χ0v) is 9.96. The van der Waals surface area contributed by atoms with Gasteiger partial charge in [-0.25, -0.2) is 0 Å². The topological polar surface area (TPSA) is 46.3 Å². The summed E-state index contributed by atoms with van der Waals surface area (Å²) in [4.78, 5) is 13.9. The number of carbonyl (C=O) groups is 1. The normalized spacial score (nSPS) is 15.1. The van der Waals surface area contributed by atoms with Gasteiger partial charge in [-0.05, 0) is 12.5 Å². The quantitative estimate of drug-likeness (QED) is 0.809. The number of rotatable bonds is 2. The van der Waals surface area contributed by atoms with E-state index in [1.807, 2.05) is 43.3 Å². The van der Waals surface area contributed by atoms with Crippen molar-refractivity contribution in [1.82, 2.24) is 5.16 Å². The van der Waals surface area contributed by atoms with Crippen LogP contribution in [0.4, 0.5) is 5.88 Å². The number of hydrogen-bond donors (Lipinski definition) is 0. The summed E-state index contributed by atoms with van der Waals surface area (Å²) in [5.74, 6) is 0.456. The molecule has 0 saturated carbocycles. The van der Waals surface area contributed by atoms with Crippen molar-refractivity contribution in [2.24, 2.45) is 0 Å². The molecule has 0 bridgehead atoms. The Bertz CT molecular complexity index is 614. The Balaban J connectivity index is 1.88. The Labute approximate surface area is 105 Å². The fraction of sp³-hybridized carbons (Fsp3) is 0.143. The van der Waals surface area contributed by atoms with Crippen molar-refractivity contribution in [2.45, 2.75) is 6.92 Å². The lowest BCUT2D eigenvalue weighted by Crippen LogP contribution is -2.25. The molecule has 2 aromatic rings. The van der Waals surface area contributed by atoms with Crippen LogP contribution < -0.4 is 4.90 Å². The third-order valence-electron chi connectivity index (χ3n) is 2.92. The zero-order valence-electron chi connectivity index (χ0n) is 9.96. The Kier molecular flexibility index (Phi) is 2.48. The van der Waals surface area contributed by atoms with Crippen LogP contribution in [-0.4, -0.2) is 17.6 Å². The molecule has 2 heterocycles. The summed E-state index contributed by atoms with van der Waals surface area (Å²) >= 11 is 0. The third-order valence-corrected chi connectivity index (χ3v) is 2.92. The van der Waals surface area contributed by atoms with E-state index in [1.165, 1.54) is 0 Å². The van der Waals surface area contributed by atoms with E-state index in [0.29, 0.717) is 18.0 Å². The van der Waals surface area contributed by atoms with E-state index in [0.717, 1.165) is 11.3 Å². The van der Waals surface area contributed by atoms with Crippen LogP contribution >= 0.6 is 0 Å². The van der Waals surface area contributed by atoms with Crippen molar-refractivity contribution >= 4 is 17.4 Å². The number of amides is 1. The molecule has 0 aliphatic carbocycles. The summed E-state index contributed by atoms with van der Waals surface area (Å²) in [5, 5.41) is 3.80. The summed E-state index contributed by atoms with van der Waals surface area (Å²) in [6.07, 6.45) is 1.91. The van der Waals surface area contributed by atoms with Gasteiger partial charge in [0.15, 0.2) is 0 Å². The van der Waals surface area contributed by atoms with E-state index >= 15 is 0 Å². The van der Waals surface area contributed by atoms with Crippen LogP contribution in [0.15, 0.2) is 47.0 Å². The molecule has 18 heavy (non-hydrogen) atoms. The number of aromatic nitrogens is 1. The number of carbonyl (C=O) groups excluding carboxylic acids is 1. The Morgan fingerprint density at radius 3 is 2.72 bits per heavy atom. The minimum atomic E-state index is -0.0441. The lowest BCUT2D eigenvalue weighted by atomic mass is 10.1. The first-order valence-corrected chi connectivity index (χ1v) is 5.76. The molecule has 0 spiro atoms. The SMILES string of the molecule is Cc1cc(N2CC=C(c3ccccc3)C2=O)on1. The lowest BCUT2D eigenvalue weighted by molar-refractivity contribution is -0.113. The number of nitrogens with zero attached hydrogens (tertiary/aromatic N) is 2. The van der Waals surface area contributed by atoms with E-state index in [2.05, 4.69) is 5.16 Å². The number of aryl methyl sites for hydroxylation is 1. The van der Waals surface area contributed by atoms with Crippen molar-refractivity contribution in [3.8, 4) is 0 Å². The van der Waals surface area contributed by atoms with Gasteiger partial charge < -0.3 is 4.52 Å². The van der Waals surface area contributed by atoms with Crippen LogP contribution in [0.25, 0.3) is 5.57 Å². The van der Waals surface area contributed by atoms with Gasteiger partial charge in [0.05, 0.1) is 5.69 Å². The molecule has 4 heteroatoms. The Hall–Kier alpha value is -2.36. The second-order valence-corrected chi connectivity index (χ2v) is 4.21. The van der Waals surface area contributed by atoms with Gasteiger partial charge in [-0.2, -0.15) is 0 Å². The van der Waals surface area contributed by atoms with Gasteiger partial charge in [0.25, 0.3) is 5.91 Å². The average Bonchev–Trinajstić information content (AvgIpc) is 2.97. The van der Waals surface area contributed by atoms with Gasteiger partial charge in [0, 0.05) is 18.2 Å². The van der Waals surface area contributed by atoms with Crippen LogP contribution in [0.2, 0.25) is 0 Å². The standard InChI is InChI=1S/C14H12N2O2/c1-10-9-13(18-15-10)16-8-7-12(14(16)17)11-5-3-2-4-6-11/h2-7,9H,8H2,1H3. The highest BCUT2D eigenvalue weighted by atomic mass is 16.5. The third kappa shape index (κ3) is 1.72. The molecule has 0 atom stereocenters. The molecule has 1 aliphatic heterocycles. The molecule has 0 saturated heterocycles. The van der Waals surface area contributed by atoms with Gasteiger partial charge in [-0.15, -0.1) is 0 Å². The van der Waals surface area contributed by atoms with Crippen molar-refractivity contribution in [1.29, 1.82) is 0 Å². The van der Waals surface area contributed by atoms with Gasteiger partial charge in [-0.1, -0.05) is 41.6 Å². The van der Waals surface area contributed by atoms with Gasteiger partial charge in [-0.3, -0.25) is 9.69 Å². The van der Waals surface area contributed by atoms with Crippen molar-refractivity contribution in [2.75, 3.05) is 11.4 Å². The van der Waals surface area contributed by atoms with Gasteiger partial charge in [0.1, 0.15) is 0 Å². The van der Waals surface area contributed by atoms with Crippen LogP contribution in [-0.2, 0) is 4.79 Å². The lowest BCUT2D eigenvalue weighted by Gasteiger charge is -2.11. The fourth-order valence-electron chi connectivity index (χ4n) is 2.02. The fourth-order valence-corrected chi connectivity index (χ4v) is 2.02. The summed E-state index contributed by atoms with van der Waals surface area (Å²) in [6.45, 7) is 2.36. The van der Waals surface area contributed by atoms with E-state index in [4.69, 9.17) is 4.52 Å². The van der Waals surface area contributed by atoms with Crippen LogP contribution in [0.1, 0.15) is 11.3 Å². The first-order chi connectivity index (χ1) is 8.75. The first-order valence-electron chi connectivity index (χ1n) is 5.76. The van der Waals surface area contributed by atoms with E-state index < -0.39 is 0 Å². The molecular weight excluding hydrogens is 228 g/mol. The second kappa shape index (κ2) is 4.14. The van der Waals surface area contributed by atoms with Crippen LogP contribution in [0.5, 0.6) is 0 Å². The van der Waals surface area contributed by atoms with Crippen LogP contribution in [0.3, 0.4) is 0 Å². The van der Waals surface area contributed by atoms with Crippen LogP contribution in [0, 0.1) is 6.92 Å². The predicted molar refractivity (Wildman–Crippen MR) is 68.0 cm³/mol. The van der Waals surface area contributed by atoms with E-state index in [9.17, 15) is 4.79 Å². The van der Waals surface area contributed by atoms with E-state index in [1.54, 1.807) is 11.0 Å². The van der Waals surface area contributed by atoms with Gasteiger partial charge in [0.2, 0.25) is 5.88 Å². The Morgan fingerprint density at radius 2 is 2.06 bits per heavy atom. The number of anilines is 1. The molecule has 4 nitrogen and oxygen atoms in total. The maximum atomic E-state index is 12.3. The molecule has 1 aromatic carbocycles. The Morgan fingerprint density at radius 1 is 1.28 bits per heavy atom. The monoisotopic (exact) mass is 240 g/mol. The van der Waals surface area contributed by atoms with Crippen molar-refractivity contribution in [3.63, 3.8) is 0 Å². The maximum absolute atomic E-state index is 12.3. The minimum absolute atomic E-state index is 0.0441. The van der Waals surface area contributed by atoms with Crippen molar-refractivity contribution < 1.29 is 9.32 Å². The molecule has 1 aromatic heterocycles. The summed E-state index contributed by atoms with van der Waals surface area (Å²) in [6, 6.07) is 11.4. The first kappa shape index (κ1) is 10.8. The number of benzene rings is 1. The highest BCUT2D eigenvalue weighted by Gasteiger charge is 2.28. The molecule has 0 radical (unpaired) electrons. The highest BCUT2D eigenvalue weighted by Crippen LogP contribution is 2.27. The van der Waals surface area contributed by atoms with E-state index in [-0.39, 0.29) is 5.91 Å². The average molecular weight is 240 g/mol. The molecule has 90 valence electrons. The smallest absolute Gasteiger partial charge is 0.261 e. The molecular formula is C14H12N2O2. The maximum Gasteiger partial charge on any atom is 0.261 e. The number of hydrogen-bond acceptors (Lipinski definition) is 3. The molecule has 3 rings (SSSR count). The van der Waals surface area contributed by atoms with Crippen molar-refractivity contribution in [3.05, 3.63) is 53.7 Å². The predicted octanol–water partition coefficient (Wildman–Crippen LogP) is 2.41. The minimum Gasteiger partial charge on any atom is -0.338 e. The molecule has 1 amide bonds. The molecule has 0 unspecified atom stereocenters. The molecule has 1 aliphatic rings. The summed E-state index contributed by atoms with van der Waals surface area (Å²) in [7, 11) is 0. The highest BCUT2D eigenvalue weighted by molar-refractivity contribution is 6.28. The largest absolute Gasteiger partial charge is 0.338 e.